The van der Waals surface area contributed by atoms with E-state index in [-0.39, 0.29) is 0 Å². The van der Waals surface area contributed by atoms with E-state index >= 15 is 0 Å². The molecule has 3 rings (SSSR count). The Morgan fingerprint density at radius 2 is 1.64 bits per heavy atom. The third-order valence-corrected chi connectivity index (χ3v) is 3.41. The Morgan fingerprint density at radius 1 is 1.09 bits per heavy atom. The third kappa shape index (κ3) is 0.761. The topological polar surface area (TPSA) is 0 Å². The maximum absolute atomic E-state index is 2.40. The minimum absolute atomic E-state index is 0.948. The van der Waals surface area contributed by atoms with Gasteiger partial charge in [-0.25, -0.2) is 0 Å². The highest BCUT2D eigenvalue weighted by Gasteiger charge is 2.52. The first-order valence-electron chi connectivity index (χ1n) is 4.62. The van der Waals surface area contributed by atoms with Crippen molar-refractivity contribution in [1.82, 2.24) is 0 Å². The Bertz CT molecular complexity index is 155. The van der Waals surface area contributed by atoms with Crippen LogP contribution in [0, 0.1) is 42.4 Å². The van der Waals surface area contributed by atoms with Crippen LogP contribution in [0.3, 0.4) is 0 Å². The van der Waals surface area contributed by atoms with E-state index in [0.717, 1.165) is 11.8 Å². The highest BCUT2D eigenvalue weighted by Crippen LogP contribution is 2.62. The summed E-state index contributed by atoms with van der Waals surface area (Å²) < 4.78 is 0. The van der Waals surface area contributed by atoms with E-state index in [1.807, 2.05) is 0 Å². The Labute approximate surface area is 69.4 Å². The minimum atomic E-state index is 0.948. The maximum atomic E-state index is 2.40. The molecular formula is C11H13. The molecule has 0 N–H and O–H groups in total. The molecule has 2 bridgehead atoms. The van der Waals surface area contributed by atoms with Crippen molar-refractivity contribution in [3.63, 3.8) is 0 Å². The zero-order chi connectivity index (χ0) is 7.42. The van der Waals surface area contributed by atoms with Gasteiger partial charge in [0.15, 0.2) is 0 Å². The van der Waals surface area contributed by atoms with Crippen LogP contribution in [-0.4, -0.2) is 0 Å². The second kappa shape index (κ2) is 2.02. The fourth-order valence-electron chi connectivity index (χ4n) is 2.95. The smallest absolute Gasteiger partial charge is 0.00966 e. The van der Waals surface area contributed by atoms with E-state index in [0.29, 0.717) is 0 Å². The molecule has 0 heterocycles. The van der Waals surface area contributed by atoms with Crippen LogP contribution in [0.5, 0.6) is 0 Å². The summed E-state index contributed by atoms with van der Waals surface area (Å²) in [6.45, 7) is 2.22. The SMILES string of the molecule is C[C]1[CH][C]2[C]([CH]1)C1CCC2C1. The van der Waals surface area contributed by atoms with E-state index in [1.54, 1.807) is 11.8 Å². The van der Waals surface area contributed by atoms with E-state index in [2.05, 4.69) is 19.8 Å². The highest BCUT2D eigenvalue weighted by atomic mass is 14.6. The van der Waals surface area contributed by atoms with Crippen LogP contribution >= 0.6 is 0 Å². The summed E-state index contributed by atoms with van der Waals surface area (Å²) in [4.78, 5) is 0. The van der Waals surface area contributed by atoms with Gasteiger partial charge in [0.2, 0.25) is 0 Å². The van der Waals surface area contributed by atoms with Crippen LogP contribution < -0.4 is 0 Å². The molecule has 0 spiro atoms. The van der Waals surface area contributed by atoms with Gasteiger partial charge >= 0.3 is 0 Å². The van der Waals surface area contributed by atoms with Crippen LogP contribution in [0.4, 0.5) is 0 Å². The molecule has 0 aromatic carbocycles. The lowest BCUT2D eigenvalue weighted by Crippen LogP contribution is -2.12. The van der Waals surface area contributed by atoms with E-state index in [9.17, 15) is 0 Å². The molecule has 2 unspecified atom stereocenters. The van der Waals surface area contributed by atoms with Gasteiger partial charge in [-0.05, 0) is 61.7 Å². The predicted molar refractivity (Wildman–Crippen MR) is 44.8 cm³/mol. The number of hydrogen-bond donors (Lipinski definition) is 0. The summed E-state index contributed by atoms with van der Waals surface area (Å²) in [5.41, 5.74) is 0. The predicted octanol–water partition coefficient (Wildman–Crippen LogP) is 2.58. The van der Waals surface area contributed by atoms with Crippen LogP contribution in [0.15, 0.2) is 0 Å². The zero-order valence-corrected chi connectivity index (χ0v) is 6.93. The van der Waals surface area contributed by atoms with E-state index < -0.39 is 0 Å². The second-order valence-electron chi connectivity index (χ2n) is 4.15. The molecule has 11 heavy (non-hydrogen) atoms. The molecule has 0 aliphatic heterocycles. The summed E-state index contributed by atoms with van der Waals surface area (Å²) in [6.07, 6.45) is 9.19. The molecular weight excluding hydrogens is 132 g/mol. The molecule has 0 nitrogen and oxygen atoms in total. The Morgan fingerprint density at radius 3 is 2.18 bits per heavy atom. The van der Waals surface area contributed by atoms with Crippen molar-refractivity contribution in [2.75, 3.05) is 0 Å². The van der Waals surface area contributed by atoms with Crippen LogP contribution in [-0.2, 0) is 0 Å². The third-order valence-electron chi connectivity index (χ3n) is 3.41. The molecule has 0 heteroatoms. The summed E-state index contributed by atoms with van der Waals surface area (Å²) in [7, 11) is 0. The van der Waals surface area contributed by atoms with Gasteiger partial charge in [-0.3, -0.25) is 0 Å². The van der Waals surface area contributed by atoms with Crippen molar-refractivity contribution >= 4 is 0 Å². The molecule has 0 aromatic rings. The first kappa shape index (κ1) is 6.51. The average Bonchev–Trinajstić information content (AvgIpc) is 2.53. The van der Waals surface area contributed by atoms with Gasteiger partial charge < -0.3 is 0 Å². The maximum Gasteiger partial charge on any atom is -0.00966 e. The van der Waals surface area contributed by atoms with Crippen molar-refractivity contribution in [3.05, 3.63) is 30.6 Å². The highest BCUT2D eigenvalue weighted by molar-refractivity contribution is 5.54. The summed E-state index contributed by atoms with van der Waals surface area (Å²) in [6, 6.07) is 0. The first-order valence-corrected chi connectivity index (χ1v) is 4.62. The van der Waals surface area contributed by atoms with Crippen molar-refractivity contribution in [3.8, 4) is 0 Å². The van der Waals surface area contributed by atoms with Gasteiger partial charge in [-0.1, -0.05) is 6.92 Å². The summed E-state index contributed by atoms with van der Waals surface area (Å²) >= 11 is 0. The Kier molecular flexibility index (Phi) is 1.20. The van der Waals surface area contributed by atoms with Gasteiger partial charge in [0.1, 0.15) is 0 Å². The van der Waals surface area contributed by atoms with Gasteiger partial charge in [0, 0.05) is 0 Å². The Balaban J connectivity index is 1.87. The van der Waals surface area contributed by atoms with Gasteiger partial charge in [-0.15, -0.1) is 0 Å². The lowest BCUT2D eigenvalue weighted by molar-refractivity contribution is 0.579. The van der Waals surface area contributed by atoms with Gasteiger partial charge in [-0.2, -0.15) is 0 Å². The molecule has 0 aromatic heterocycles. The van der Waals surface area contributed by atoms with Gasteiger partial charge in [0.25, 0.3) is 0 Å². The van der Waals surface area contributed by atoms with Crippen LogP contribution in [0.1, 0.15) is 26.2 Å². The molecule has 3 aliphatic carbocycles. The van der Waals surface area contributed by atoms with Crippen molar-refractivity contribution in [1.29, 1.82) is 0 Å². The van der Waals surface area contributed by atoms with E-state index in [4.69, 9.17) is 0 Å². The normalized spacial score (nSPS) is 45.5. The number of fused-ring (bicyclic) bond motifs is 5. The van der Waals surface area contributed by atoms with Gasteiger partial charge in [0.05, 0.1) is 0 Å². The molecule has 3 aliphatic rings. The molecule has 3 saturated carbocycles. The van der Waals surface area contributed by atoms with Crippen molar-refractivity contribution < 1.29 is 0 Å². The summed E-state index contributed by atoms with van der Waals surface area (Å²) in [5, 5.41) is 0. The van der Waals surface area contributed by atoms with Crippen molar-refractivity contribution in [2.24, 2.45) is 11.8 Å². The lowest BCUT2D eigenvalue weighted by Gasteiger charge is -2.22. The number of hydrogen-bond acceptors (Lipinski definition) is 0. The first-order chi connectivity index (χ1) is 5.34. The number of rotatable bonds is 0. The quantitative estimate of drug-likeness (QED) is 0.491. The minimum Gasteiger partial charge on any atom is -0.0585 e. The fraction of sp³-hybridized carbons (Fsp3) is 0.545. The molecule has 5 radical (unpaired) electrons. The fourth-order valence-corrected chi connectivity index (χ4v) is 2.95. The monoisotopic (exact) mass is 145 g/mol. The molecule has 2 atom stereocenters. The second-order valence-corrected chi connectivity index (χ2v) is 4.15. The summed E-state index contributed by atoms with van der Waals surface area (Å²) in [5.74, 6) is 6.76. The standard InChI is InChI=1S/C11H13/c1-7-4-10-8-2-3-9(6-8)11(10)5-7/h4-5,8-9H,2-3,6H2,1H3. The Hall–Kier alpha value is 0. The lowest BCUT2D eigenvalue weighted by atomic mass is 9.82. The molecule has 0 saturated heterocycles. The largest absolute Gasteiger partial charge is 0.0585 e. The van der Waals surface area contributed by atoms with Crippen LogP contribution in [0.2, 0.25) is 0 Å². The van der Waals surface area contributed by atoms with Crippen molar-refractivity contribution in [2.45, 2.75) is 26.2 Å². The average molecular weight is 145 g/mol. The zero-order valence-electron chi connectivity index (χ0n) is 6.93. The molecule has 3 fully saturated rings. The molecule has 57 valence electrons. The molecule has 0 amide bonds. The van der Waals surface area contributed by atoms with E-state index in [1.165, 1.54) is 25.2 Å². The van der Waals surface area contributed by atoms with Crippen LogP contribution in [0.25, 0.3) is 0 Å².